The summed E-state index contributed by atoms with van der Waals surface area (Å²) in [6, 6.07) is 5.57. The summed E-state index contributed by atoms with van der Waals surface area (Å²) in [5, 5.41) is 2.77. The Morgan fingerprint density at radius 3 is 2.94 bits per heavy atom. The molecule has 1 saturated heterocycles. The van der Waals surface area contributed by atoms with Gasteiger partial charge in [-0.05, 0) is 35.5 Å². The summed E-state index contributed by atoms with van der Waals surface area (Å²) in [7, 11) is 0. The van der Waals surface area contributed by atoms with Gasteiger partial charge in [-0.15, -0.1) is 0 Å². The molecule has 2 heterocycles. The maximum Gasteiger partial charge on any atom is 0.290 e. The van der Waals surface area contributed by atoms with Gasteiger partial charge in [-0.3, -0.25) is 14.9 Å². The molecule has 5 nitrogen and oxygen atoms in total. The SMILES string of the molecule is O=C1NC(=O)C(=Cc2ccc3ncncc3c2)S1. The van der Waals surface area contributed by atoms with Gasteiger partial charge in [-0.25, -0.2) is 9.97 Å². The van der Waals surface area contributed by atoms with Crippen molar-refractivity contribution in [3.05, 3.63) is 41.2 Å². The Bertz CT molecular complexity index is 697. The number of aromatic nitrogens is 2. The highest BCUT2D eigenvalue weighted by Gasteiger charge is 2.24. The number of benzene rings is 1. The zero-order valence-corrected chi connectivity index (χ0v) is 9.90. The lowest BCUT2D eigenvalue weighted by atomic mass is 10.1. The van der Waals surface area contributed by atoms with Crippen molar-refractivity contribution in [2.24, 2.45) is 0 Å². The van der Waals surface area contributed by atoms with Crippen LogP contribution in [0.25, 0.3) is 17.0 Å². The van der Waals surface area contributed by atoms with Crippen molar-refractivity contribution in [2.45, 2.75) is 0 Å². The standard InChI is InChI=1S/C12H7N3O2S/c16-11-10(18-12(17)15-11)4-7-1-2-9-8(3-7)5-13-6-14-9/h1-6H,(H,15,16,17). The number of thioether (sulfide) groups is 1. The molecule has 88 valence electrons. The van der Waals surface area contributed by atoms with Crippen LogP contribution in [-0.2, 0) is 4.79 Å². The van der Waals surface area contributed by atoms with Crippen LogP contribution in [0.5, 0.6) is 0 Å². The molecule has 1 aliphatic heterocycles. The molecule has 0 bridgehead atoms. The second-order valence-electron chi connectivity index (χ2n) is 3.69. The van der Waals surface area contributed by atoms with E-state index in [1.807, 2.05) is 18.2 Å². The molecule has 0 spiro atoms. The van der Waals surface area contributed by atoms with Gasteiger partial charge >= 0.3 is 0 Å². The quantitative estimate of drug-likeness (QED) is 0.790. The summed E-state index contributed by atoms with van der Waals surface area (Å²) in [5.41, 5.74) is 1.68. The monoisotopic (exact) mass is 257 g/mol. The molecule has 2 amide bonds. The second-order valence-corrected chi connectivity index (χ2v) is 4.71. The molecule has 0 saturated carbocycles. The number of hydrogen-bond donors (Lipinski definition) is 1. The lowest BCUT2D eigenvalue weighted by Crippen LogP contribution is -2.17. The number of nitrogens with one attached hydrogen (secondary N) is 1. The van der Waals surface area contributed by atoms with Crippen LogP contribution in [0.3, 0.4) is 0 Å². The molecule has 2 aromatic rings. The summed E-state index contributed by atoms with van der Waals surface area (Å²) in [6.45, 7) is 0. The first-order valence-corrected chi connectivity index (χ1v) is 5.99. The van der Waals surface area contributed by atoms with Crippen LogP contribution in [0.1, 0.15) is 5.56 Å². The zero-order valence-electron chi connectivity index (χ0n) is 9.08. The number of amides is 2. The summed E-state index contributed by atoms with van der Waals surface area (Å²) in [6.07, 6.45) is 4.87. The predicted octanol–water partition coefficient (Wildman–Crippen LogP) is 1.95. The molecule has 1 aromatic carbocycles. The fraction of sp³-hybridized carbons (Fsp3) is 0. The minimum atomic E-state index is -0.352. The molecule has 0 unspecified atom stereocenters. The third kappa shape index (κ3) is 1.98. The zero-order chi connectivity index (χ0) is 12.5. The Labute approximate surface area is 106 Å². The lowest BCUT2D eigenvalue weighted by Gasteiger charge is -1.98. The number of hydrogen-bond acceptors (Lipinski definition) is 5. The summed E-state index contributed by atoms with van der Waals surface area (Å²) in [5.74, 6) is -0.352. The first kappa shape index (κ1) is 10.9. The molecule has 1 aromatic heterocycles. The Kier molecular flexibility index (Phi) is 2.56. The molecule has 0 atom stereocenters. The van der Waals surface area contributed by atoms with E-state index < -0.39 is 0 Å². The van der Waals surface area contributed by atoms with E-state index in [1.54, 1.807) is 12.3 Å². The molecule has 1 fully saturated rings. The van der Waals surface area contributed by atoms with Crippen molar-refractivity contribution in [3.8, 4) is 0 Å². The van der Waals surface area contributed by atoms with Crippen LogP contribution in [0.2, 0.25) is 0 Å². The third-order valence-corrected chi connectivity index (χ3v) is 3.28. The fourth-order valence-electron chi connectivity index (χ4n) is 1.67. The van der Waals surface area contributed by atoms with Crippen LogP contribution in [0.4, 0.5) is 4.79 Å². The number of rotatable bonds is 1. The van der Waals surface area contributed by atoms with E-state index in [0.717, 1.165) is 28.2 Å². The largest absolute Gasteiger partial charge is 0.290 e. The minimum absolute atomic E-state index is 0.338. The maximum atomic E-state index is 11.4. The maximum absolute atomic E-state index is 11.4. The number of imide groups is 1. The first-order valence-electron chi connectivity index (χ1n) is 5.17. The second kappa shape index (κ2) is 4.23. The Morgan fingerprint density at radius 2 is 2.17 bits per heavy atom. The molecule has 1 N–H and O–H groups in total. The van der Waals surface area contributed by atoms with Crippen LogP contribution in [0, 0.1) is 0 Å². The smallest absolute Gasteiger partial charge is 0.282 e. The van der Waals surface area contributed by atoms with Crippen LogP contribution >= 0.6 is 11.8 Å². The van der Waals surface area contributed by atoms with Crippen molar-refractivity contribution >= 4 is 39.9 Å². The van der Waals surface area contributed by atoms with Crippen LogP contribution in [-0.4, -0.2) is 21.1 Å². The van der Waals surface area contributed by atoms with E-state index in [9.17, 15) is 9.59 Å². The number of fused-ring (bicyclic) bond motifs is 1. The van der Waals surface area contributed by atoms with Gasteiger partial charge in [0.2, 0.25) is 0 Å². The number of carbonyl (C=O) groups excluding carboxylic acids is 2. The topological polar surface area (TPSA) is 72.0 Å². The highest BCUT2D eigenvalue weighted by Crippen LogP contribution is 2.26. The Hall–Kier alpha value is -2.21. The van der Waals surface area contributed by atoms with E-state index in [0.29, 0.717) is 4.91 Å². The summed E-state index contributed by atoms with van der Waals surface area (Å²) >= 11 is 0.904. The van der Waals surface area contributed by atoms with Crippen molar-refractivity contribution in [3.63, 3.8) is 0 Å². The van der Waals surface area contributed by atoms with E-state index >= 15 is 0 Å². The van der Waals surface area contributed by atoms with E-state index in [-0.39, 0.29) is 11.1 Å². The fourth-order valence-corrected chi connectivity index (χ4v) is 2.35. The van der Waals surface area contributed by atoms with Gasteiger partial charge in [0.05, 0.1) is 10.4 Å². The van der Waals surface area contributed by atoms with Gasteiger partial charge in [-0.1, -0.05) is 6.07 Å². The van der Waals surface area contributed by atoms with Crippen molar-refractivity contribution in [2.75, 3.05) is 0 Å². The first-order chi connectivity index (χ1) is 8.72. The molecule has 1 aliphatic rings. The van der Waals surface area contributed by atoms with Crippen LogP contribution < -0.4 is 5.32 Å². The van der Waals surface area contributed by atoms with Gasteiger partial charge in [-0.2, -0.15) is 0 Å². The predicted molar refractivity (Wildman–Crippen MR) is 68.6 cm³/mol. The highest BCUT2D eigenvalue weighted by atomic mass is 32.2. The van der Waals surface area contributed by atoms with E-state index in [2.05, 4.69) is 15.3 Å². The summed E-state index contributed by atoms with van der Waals surface area (Å²) < 4.78 is 0. The molecule has 3 rings (SSSR count). The average molecular weight is 257 g/mol. The number of nitrogens with zero attached hydrogens (tertiary/aromatic N) is 2. The Morgan fingerprint density at radius 1 is 1.28 bits per heavy atom. The van der Waals surface area contributed by atoms with Gasteiger partial charge in [0, 0.05) is 11.6 Å². The average Bonchev–Trinajstić information content (AvgIpc) is 2.68. The van der Waals surface area contributed by atoms with Crippen molar-refractivity contribution in [1.29, 1.82) is 0 Å². The molecule has 0 radical (unpaired) electrons. The van der Waals surface area contributed by atoms with Crippen molar-refractivity contribution in [1.82, 2.24) is 15.3 Å². The molecular weight excluding hydrogens is 250 g/mol. The van der Waals surface area contributed by atoms with E-state index in [4.69, 9.17) is 0 Å². The third-order valence-electron chi connectivity index (χ3n) is 2.47. The van der Waals surface area contributed by atoms with Gasteiger partial charge in [0.25, 0.3) is 11.1 Å². The highest BCUT2D eigenvalue weighted by molar-refractivity contribution is 8.18. The minimum Gasteiger partial charge on any atom is -0.282 e. The molecule has 0 aliphatic carbocycles. The number of carbonyl (C=O) groups is 2. The normalized spacial score (nSPS) is 17.4. The lowest BCUT2D eigenvalue weighted by molar-refractivity contribution is -0.115. The van der Waals surface area contributed by atoms with Crippen LogP contribution in [0.15, 0.2) is 35.6 Å². The van der Waals surface area contributed by atoms with Gasteiger partial charge < -0.3 is 0 Å². The summed E-state index contributed by atoms with van der Waals surface area (Å²) in [4.78, 5) is 30.9. The van der Waals surface area contributed by atoms with Gasteiger partial charge in [0.1, 0.15) is 6.33 Å². The Balaban J connectivity index is 2.02. The molecule has 18 heavy (non-hydrogen) atoms. The molecule has 6 heteroatoms. The van der Waals surface area contributed by atoms with Gasteiger partial charge in [0.15, 0.2) is 0 Å². The van der Waals surface area contributed by atoms with Crippen molar-refractivity contribution < 1.29 is 9.59 Å². The van der Waals surface area contributed by atoms with E-state index in [1.165, 1.54) is 6.33 Å². The molecular formula is C12H7N3O2S.